The molecular weight excluding hydrogens is 400 g/mol. The van der Waals surface area contributed by atoms with Crippen LogP contribution in [-0.4, -0.2) is 19.2 Å². The molecule has 0 N–H and O–H groups in total. The zero-order valence-electron chi connectivity index (χ0n) is 16.1. The van der Waals surface area contributed by atoms with Gasteiger partial charge >= 0.3 is 0 Å². The molecule has 0 aliphatic heterocycles. The fourth-order valence-electron chi connectivity index (χ4n) is 2.99. The van der Waals surface area contributed by atoms with Gasteiger partial charge < -0.3 is 9.30 Å². The minimum absolute atomic E-state index is 0.173. The van der Waals surface area contributed by atoms with Gasteiger partial charge in [-0.15, -0.1) is 0 Å². The fraction of sp³-hybridized carbons (Fsp3) is 0.190. The summed E-state index contributed by atoms with van der Waals surface area (Å²) in [6.45, 7) is 1.66. The van der Waals surface area contributed by atoms with Crippen molar-refractivity contribution in [2.45, 2.75) is 12.7 Å². The van der Waals surface area contributed by atoms with Crippen LogP contribution in [0.2, 0.25) is 0 Å². The number of hydrogen-bond acceptors (Lipinski definition) is 4. The van der Waals surface area contributed by atoms with E-state index in [2.05, 4.69) is 0 Å². The Balaban J connectivity index is 2.16. The number of nitrogens with zero attached hydrogens (tertiary/aromatic N) is 1. The van der Waals surface area contributed by atoms with E-state index >= 15 is 0 Å². The van der Waals surface area contributed by atoms with Gasteiger partial charge in [0.2, 0.25) is 0 Å². The average Bonchev–Trinajstić information content (AvgIpc) is 2.61. The summed E-state index contributed by atoms with van der Waals surface area (Å²) in [5, 5.41) is 0. The number of benzene rings is 2. The van der Waals surface area contributed by atoms with E-state index in [-0.39, 0.29) is 22.8 Å². The molecule has 5 nitrogen and oxygen atoms in total. The highest BCUT2D eigenvalue weighted by Crippen LogP contribution is 2.35. The number of hydrogen-bond donors (Lipinski definition) is 0. The zero-order valence-corrected chi connectivity index (χ0v) is 16.9. The van der Waals surface area contributed by atoms with Crippen molar-refractivity contribution in [2.24, 2.45) is 7.05 Å². The number of halogens is 2. The molecule has 0 bridgehead atoms. The Hall–Kier alpha value is -3.00. The van der Waals surface area contributed by atoms with Gasteiger partial charge in [0.05, 0.1) is 5.75 Å². The summed E-state index contributed by atoms with van der Waals surface area (Å²) in [6, 6.07) is 9.32. The van der Waals surface area contributed by atoms with E-state index in [0.29, 0.717) is 28.3 Å². The van der Waals surface area contributed by atoms with Crippen LogP contribution in [0.4, 0.5) is 8.78 Å². The maximum Gasteiger partial charge on any atom is 0.253 e. The van der Waals surface area contributed by atoms with Gasteiger partial charge in [-0.25, -0.2) is 17.2 Å². The Morgan fingerprint density at radius 1 is 1.03 bits per heavy atom. The summed E-state index contributed by atoms with van der Waals surface area (Å²) < 4.78 is 57.7. The number of sulfone groups is 1. The smallest absolute Gasteiger partial charge is 0.253 e. The lowest BCUT2D eigenvalue weighted by Gasteiger charge is -2.15. The van der Waals surface area contributed by atoms with Crippen molar-refractivity contribution >= 4 is 9.84 Å². The summed E-state index contributed by atoms with van der Waals surface area (Å²) in [6.07, 6.45) is 2.71. The molecule has 0 saturated carbocycles. The third kappa shape index (κ3) is 4.89. The number of aryl methyl sites for hydroxylation is 2. The molecule has 2 aromatic carbocycles. The van der Waals surface area contributed by atoms with Crippen molar-refractivity contribution < 1.29 is 21.9 Å². The van der Waals surface area contributed by atoms with Gasteiger partial charge in [-0.3, -0.25) is 4.79 Å². The molecule has 3 rings (SSSR count). The fourth-order valence-corrected chi connectivity index (χ4v) is 3.77. The summed E-state index contributed by atoms with van der Waals surface area (Å²) in [5.74, 6) is -1.72. The monoisotopic (exact) mass is 419 g/mol. The second-order valence-electron chi connectivity index (χ2n) is 6.91. The molecule has 0 aliphatic carbocycles. The van der Waals surface area contributed by atoms with Crippen LogP contribution in [0.1, 0.15) is 11.1 Å². The molecule has 0 radical (unpaired) electrons. The normalized spacial score (nSPS) is 11.5. The Bertz CT molecular complexity index is 1220. The lowest BCUT2D eigenvalue weighted by atomic mass is 10.0. The Labute approximate surface area is 167 Å². The van der Waals surface area contributed by atoms with Crippen LogP contribution in [0.3, 0.4) is 0 Å². The van der Waals surface area contributed by atoms with Crippen LogP contribution in [0.15, 0.2) is 53.5 Å². The molecule has 1 heterocycles. The molecule has 0 atom stereocenters. The van der Waals surface area contributed by atoms with Crippen LogP contribution in [0, 0.1) is 18.6 Å². The van der Waals surface area contributed by atoms with Crippen molar-refractivity contribution in [1.82, 2.24) is 4.57 Å². The highest BCUT2D eigenvalue weighted by Gasteiger charge is 2.15. The average molecular weight is 419 g/mol. The molecule has 0 amide bonds. The minimum Gasteiger partial charge on any atom is -0.454 e. The van der Waals surface area contributed by atoms with E-state index in [1.165, 1.54) is 16.7 Å². The van der Waals surface area contributed by atoms with Crippen molar-refractivity contribution in [3.63, 3.8) is 0 Å². The predicted octanol–water partition coefficient (Wildman–Crippen LogP) is 3.98. The van der Waals surface area contributed by atoms with Gasteiger partial charge in [0.1, 0.15) is 11.6 Å². The summed E-state index contributed by atoms with van der Waals surface area (Å²) in [5.41, 5.74) is 1.90. The number of rotatable bonds is 5. The topological polar surface area (TPSA) is 65.4 Å². The third-order valence-corrected chi connectivity index (χ3v) is 5.12. The van der Waals surface area contributed by atoms with E-state index in [0.717, 1.165) is 12.3 Å². The molecule has 1 aromatic heterocycles. The Morgan fingerprint density at radius 2 is 1.72 bits per heavy atom. The van der Waals surface area contributed by atoms with Crippen LogP contribution in [-0.2, 0) is 22.6 Å². The second-order valence-corrected chi connectivity index (χ2v) is 9.05. The predicted molar refractivity (Wildman–Crippen MR) is 107 cm³/mol. The van der Waals surface area contributed by atoms with Crippen LogP contribution in [0.5, 0.6) is 11.5 Å². The first kappa shape index (κ1) is 20.7. The van der Waals surface area contributed by atoms with Crippen molar-refractivity contribution in [3.8, 4) is 22.6 Å². The first-order valence-corrected chi connectivity index (χ1v) is 10.7. The Kier molecular flexibility index (Phi) is 5.57. The third-order valence-electron chi connectivity index (χ3n) is 4.26. The van der Waals surface area contributed by atoms with Crippen LogP contribution >= 0.6 is 0 Å². The molecule has 0 spiro atoms. The SMILES string of the molecule is Cc1cc(-c2cc(CS(C)(=O)=O)ccc2Oc2ccc(F)cc2F)cn(C)c1=O. The quantitative estimate of drug-likeness (QED) is 0.628. The molecule has 0 unspecified atom stereocenters. The molecule has 0 saturated heterocycles. The standard InChI is InChI=1S/C21H19F2NO4S/c1-13-8-15(11-24(2)21(13)25)17-9-14(12-29(3,26)27)4-6-19(17)28-20-7-5-16(22)10-18(20)23/h4-11H,12H2,1-3H3. The molecular formula is C21H19F2NO4S. The van der Waals surface area contributed by atoms with Gasteiger partial charge in [0.15, 0.2) is 21.4 Å². The number of pyridine rings is 1. The molecule has 0 aliphatic rings. The number of ether oxygens (including phenoxy) is 1. The molecule has 0 fully saturated rings. The minimum atomic E-state index is -3.28. The van der Waals surface area contributed by atoms with E-state index in [1.807, 2.05) is 0 Å². The first-order valence-electron chi connectivity index (χ1n) is 8.65. The van der Waals surface area contributed by atoms with Gasteiger partial charge in [-0.05, 0) is 42.8 Å². The maximum atomic E-state index is 14.1. The lowest BCUT2D eigenvalue weighted by molar-refractivity contribution is 0.439. The van der Waals surface area contributed by atoms with Gasteiger partial charge in [0.25, 0.3) is 5.56 Å². The van der Waals surface area contributed by atoms with Gasteiger partial charge in [-0.1, -0.05) is 6.07 Å². The number of aromatic nitrogens is 1. The van der Waals surface area contributed by atoms with E-state index in [1.54, 1.807) is 38.4 Å². The van der Waals surface area contributed by atoms with Crippen LogP contribution in [0.25, 0.3) is 11.1 Å². The molecule has 29 heavy (non-hydrogen) atoms. The molecule has 152 valence electrons. The first-order chi connectivity index (χ1) is 13.5. The van der Waals surface area contributed by atoms with Gasteiger partial charge in [0, 0.05) is 42.3 Å². The summed E-state index contributed by atoms with van der Waals surface area (Å²) >= 11 is 0. The van der Waals surface area contributed by atoms with E-state index < -0.39 is 21.5 Å². The highest BCUT2D eigenvalue weighted by atomic mass is 32.2. The summed E-state index contributed by atoms with van der Waals surface area (Å²) in [4.78, 5) is 12.0. The second kappa shape index (κ2) is 7.79. The lowest BCUT2D eigenvalue weighted by Crippen LogP contribution is -2.18. The van der Waals surface area contributed by atoms with Crippen molar-refractivity contribution in [3.05, 3.63) is 81.8 Å². The van der Waals surface area contributed by atoms with Crippen molar-refractivity contribution in [1.29, 1.82) is 0 Å². The van der Waals surface area contributed by atoms with E-state index in [4.69, 9.17) is 4.74 Å². The zero-order chi connectivity index (χ0) is 21.3. The van der Waals surface area contributed by atoms with Gasteiger partial charge in [-0.2, -0.15) is 0 Å². The van der Waals surface area contributed by atoms with Crippen molar-refractivity contribution in [2.75, 3.05) is 6.26 Å². The largest absolute Gasteiger partial charge is 0.454 e. The van der Waals surface area contributed by atoms with E-state index in [9.17, 15) is 22.0 Å². The van der Waals surface area contributed by atoms with Crippen LogP contribution < -0.4 is 10.3 Å². The molecule has 8 heteroatoms. The Morgan fingerprint density at radius 3 is 2.34 bits per heavy atom. The summed E-state index contributed by atoms with van der Waals surface area (Å²) in [7, 11) is -1.68. The molecule has 3 aromatic rings. The maximum absolute atomic E-state index is 14.1. The highest BCUT2D eigenvalue weighted by molar-refractivity contribution is 7.89.